The Bertz CT molecular complexity index is 628. The van der Waals surface area contributed by atoms with E-state index in [1.54, 1.807) is 12.1 Å². The molecule has 0 bridgehead atoms. The standard InChI is InChI=1S/C13H10Br2N2O3S/c1-2-20-10-8(14)4-6(5-9(10)15)3-7-11(18)16-13(21)17-12(7)19/h3-5H,2H2,1H3,(H2,16,17,18,19,21). The van der Waals surface area contributed by atoms with Crippen molar-refractivity contribution in [3.63, 3.8) is 0 Å². The highest BCUT2D eigenvalue weighted by Crippen LogP contribution is 2.35. The number of amides is 2. The molecule has 1 heterocycles. The summed E-state index contributed by atoms with van der Waals surface area (Å²) in [6, 6.07) is 3.52. The number of benzene rings is 1. The average Bonchev–Trinajstić information content (AvgIpc) is 2.38. The first-order valence-electron chi connectivity index (χ1n) is 5.92. The zero-order valence-electron chi connectivity index (χ0n) is 10.8. The van der Waals surface area contributed by atoms with Crippen molar-refractivity contribution in [1.29, 1.82) is 0 Å². The number of carbonyl (C=O) groups is 2. The predicted octanol–water partition coefficient (Wildman–Crippen LogP) is 2.52. The lowest BCUT2D eigenvalue weighted by molar-refractivity contribution is -0.123. The van der Waals surface area contributed by atoms with Crippen LogP contribution in [0.5, 0.6) is 5.75 Å². The van der Waals surface area contributed by atoms with Gasteiger partial charge in [0.1, 0.15) is 11.3 Å². The zero-order chi connectivity index (χ0) is 15.6. The molecule has 0 unspecified atom stereocenters. The molecule has 2 rings (SSSR count). The second-order valence-corrected chi connectivity index (χ2v) is 6.16. The third kappa shape index (κ3) is 3.69. The number of hydrogen-bond donors (Lipinski definition) is 2. The molecule has 0 aliphatic carbocycles. The van der Waals surface area contributed by atoms with E-state index in [0.29, 0.717) is 17.9 Å². The zero-order valence-corrected chi connectivity index (χ0v) is 14.8. The van der Waals surface area contributed by atoms with E-state index in [1.165, 1.54) is 6.08 Å². The Hall–Kier alpha value is -1.25. The van der Waals surface area contributed by atoms with Crippen LogP contribution in [0, 0.1) is 0 Å². The number of carbonyl (C=O) groups excluding carboxylic acids is 2. The number of hydrogen-bond acceptors (Lipinski definition) is 4. The molecule has 0 atom stereocenters. The molecule has 110 valence electrons. The number of halogens is 2. The van der Waals surface area contributed by atoms with Gasteiger partial charge in [0.05, 0.1) is 15.6 Å². The van der Waals surface area contributed by atoms with E-state index in [0.717, 1.165) is 8.95 Å². The van der Waals surface area contributed by atoms with Gasteiger partial charge >= 0.3 is 0 Å². The first kappa shape index (κ1) is 16.1. The van der Waals surface area contributed by atoms with Crippen LogP contribution < -0.4 is 15.4 Å². The molecular formula is C13H10Br2N2O3S. The molecule has 1 aliphatic rings. The lowest BCUT2D eigenvalue weighted by atomic mass is 10.1. The summed E-state index contributed by atoms with van der Waals surface area (Å²) in [4.78, 5) is 23.6. The predicted molar refractivity (Wildman–Crippen MR) is 89.9 cm³/mol. The van der Waals surface area contributed by atoms with Crippen LogP contribution in [0.4, 0.5) is 0 Å². The van der Waals surface area contributed by atoms with Crippen molar-refractivity contribution in [3.05, 3.63) is 32.2 Å². The smallest absolute Gasteiger partial charge is 0.263 e. The third-order valence-electron chi connectivity index (χ3n) is 2.56. The van der Waals surface area contributed by atoms with E-state index in [1.807, 2.05) is 6.92 Å². The first-order valence-corrected chi connectivity index (χ1v) is 7.92. The van der Waals surface area contributed by atoms with Crippen molar-refractivity contribution in [2.45, 2.75) is 6.92 Å². The Morgan fingerprint density at radius 1 is 1.19 bits per heavy atom. The van der Waals surface area contributed by atoms with Gasteiger partial charge in [-0.15, -0.1) is 0 Å². The van der Waals surface area contributed by atoms with Crippen LogP contribution >= 0.6 is 44.1 Å². The fourth-order valence-electron chi connectivity index (χ4n) is 1.72. The van der Waals surface area contributed by atoms with Gasteiger partial charge in [-0.2, -0.15) is 0 Å². The van der Waals surface area contributed by atoms with E-state index in [-0.39, 0.29) is 10.7 Å². The SMILES string of the molecule is CCOc1c(Br)cc(C=C2C(=O)NC(=S)NC2=O)cc1Br. The maximum Gasteiger partial charge on any atom is 0.263 e. The Balaban J connectivity index is 2.39. The van der Waals surface area contributed by atoms with Gasteiger partial charge in [0.2, 0.25) is 0 Å². The lowest BCUT2D eigenvalue weighted by Gasteiger charge is -2.16. The Labute approximate surface area is 143 Å². The third-order valence-corrected chi connectivity index (χ3v) is 3.95. The molecule has 1 aliphatic heterocycles. The van der Waals surface area contributed by atoms with Gasteiger partial charge in [-0.3, -0.25) is 20.2 Å². The summed E-state index contributed by atoms with van der Waals surface area (Å²) in [6.45, 7) is 2.41. The van der Waals surface area contributed by atoms with Gasteiger partial charge < -0.3 is 4.74 Å². The number of nitrogens with one attached hydrogen (secondary N) is 2. The maximum absolute atomic E-state index is 11.8. The van der Waals surface area contributed by atoms with Gasteiger partial charge in [-0.1, -0.05) is 0 Å². The second-order valence-electron chi connectivity index (χ2n) is 4.04. The largest absolute Gasteiger partial charge is 0.492 e. The van der Waals surface area contributed by atoms with Gasteiger partial charge in [-0.25, -0.2) is 0 Å². The van der Waals surface area contributed by atoms with E-state index >= 15 is 0 Å². The summed E-state index contributed by atoms with van der Waals surface area (Å²) >= 11 is 11.5. The monoisotopic (exact) mass is 432 g/mol. The van der Waals surface area contributed by atoms with E-state index < -0.39 is 11.8 Å². The van der Waals surface area contributed by atoms with Crippen LogP contribution in [0.1, 0.15) is 12.5 Å². The highest BCUT2D eigenvalue weighted by molar-refractivity contribution is 9.11. The Morgan fingerprint density at radius 2 is 1.71 bits per heavy atom. The fraction of sp³-hybridized carbons (Fsp3) is 0.154. The molecule has 8 heteroatoms. The minimum atomic E-state index is -0.523. The topological polar surface area (TPSA) is 67.4 Å². The van der Waals surface area contributed by atoms with Crippen LogP contribution in [0.25, 0.3) is 6.08 Å². The molecule has 1 fully saturated rings. The number of ether oxygens (including phenoxy) is 1. The quantitative estimate of drug-likeness (QED) is 0.436. The molecule has 0 aromatic heterocycles. The van der Waals surface area contributed by atoms with Gasteiger partial charge in [0.15, 0.2) is 5.11 Å². The summed E-state index contributed by atoms with van der Waals surface area (Å²) in [5.41, 5.74) is 0.664. The van der Waals surface area contributed by atoms with Crippen molar-refractivity contribution in [3.8, 4) is 5.75 Å². The molecule has 1 saturated heterocycles. The van der Waals surface area contributed by atoms with E-state index in [4.69, 9.17) is 17.0 Å². The second kappa shape index (κ2) is 6.67. The molecule has 0 radical (unpaired) electrons. The van der Waals surface area contributed by atoms with Crippen molar-refractivity contribution in [2.75, 3.05) is 6.61 Å². The molecule has 0 saturated carbocycles. The average molecular weight is 434 g/mol. The number of thiocarbonyl (C=S) groups is 1. The highest BCUT2D eigenvalue weighted by Gasteiger charge is 2.25. The molecule has 21 heavy (non-hydrogen) atoms. The lowest BCUT2D eigenvalue weighted by Crippen LogP contribution is -2.51. The normalized spacial score (nSPS) is 14.6. The van der Waals surface area contributed by atoms with Crippen molar-refractivity contribution in [1.82, 2.24) is 10.6 Å². The summed E-state index contributed by atoms with van der Waals surface area (Å²) in [5.74, 6) is -0.381. The van der Waals surface area contributed by atoms with Crippen molar-refractivity contribution in [2.24, 2.45) is 0 Å². The fourth-order valence-corrected chi connectivity index (χ4v) is 3.35. The van der Waals surface area contributed by atoms with E-state index in [9.17, 15) is 9.59 Å². The minimum absolute atomic E-state index is 0.00781. The molecule has 2 N–H and O–H groups in total. The van der Waals surface area contributed by atoms with Crippen molar-refractivity contribution >= 4 is 67.1 Å². The number of rotatable bonds is 3. The molecule has 0 spiro atoms. The summed E-state index contributed by atoms with van der Waals surface area (Å²) in [5, 5.41) is 4.78. The first-order chi connectivity index (χ1) is 9.92. The highest BCUT2D eigenvalue weighted by atomic mass is 79.9. The maximum atomic E-state index is 11.8. The van der Waals surface area contributed by atoms with Crippen LogP contribution in [0.15, 0.2) is 26.7 Å². The van der Waals surface area contributed by atoms with Crippen LogP contribution in [0.2, 0.25) is 0 Å². The minimum Gasteiger partial charge on any atom is -0.492 e. The van der Waals surface area contributed by atoms with Crippen LogP contribution in [-0.2, 0) is 9.59 Å². The van der Waals surface area contributed by atoms with Crippen molar-refractivity contribution < 1.29 is 14.3 Å². The summed E-state index contributed by atoms with van der Waals surface area (Å²) in [6.07, 6.45) is 1.48. The van der Waals surface area contributed by atoms with Crippen LogP contribution in [0.3, 0.4) is 0 Å². The van der Waals surface area contributed by atoms with Crippen LogP contribution in [-0.4, -0.2) is 23.5 Å². The molecule has 1 aromatic carbocycles. The Kier molecular flexibility index (Phi) is 5.13. The molecule has 2 amide bonds. The molecule has 5 nitrogen and oxygen atoms in total. The summed E-state index contributed by atoms with van der Waals surface area (Å²) < 4.78 is 6.92. The Morgan fingerprint density at radius 3 is 2.19 bits per heavy atom. The molecular weight excluding hydrogens is 424 g/mol. The van der Waals surface area contributed by atoms with Gasteiger partial charge in [0.25, 0.3) is 11.8 Å². The summed E-state index contributed by atoms with van der Waals surface area (Å²) in [7, 11) is 0. The van der Waals surface area contributed by atoms with Gasteiger partial charge in [0, 0.05) is 0 Å². The van der Waals surface area contributed by atoms with E-state index in [2.05, 4.69) is 42.5 Å². The molecule has 1 aromatic rings. The van der Waals surface area contributed by atoms with Gasteiger partial charge in [-0.05, 0) is 74.8 Å².